The van der Waals surface area contributed by atoms with Crippen LogP contribution in [0, 0.1) is 6.92 Å². The van der Waals surface area contributed by atoms with Crippen molar-refractivity contribution in [3.05, 3.63) is 40.0 Å². The van der Waals surface area contributed by atoms with Crippen molar-refractivity contribution in [1.29, 1.82) is 0 Å². The van der Waals surface area contributed by atoms with E-state index in [1.54, 1.807) is 0 Å². The SMILES string of the molecule is Cc1ccc(Br)c(NC(=O)c2noc(C3CCCN3)n2)c1. The first-order valence-corrected chi connectivity index (χ1v) is 7.57. The molecule has 0 saturated carbocycles. The van der Waals surface area contributed by atoms with E-state index in [0.717, 1.165) is 29.4 Å². The van der Waals surface area contributed by atoms with Crippen LogP contribution in [0.3, 0.4) is 0 Å². The molecule has 110 valence electrons. The number of carbonyl (C=O) groups excluding carboxylic acids is 1. The van der Waals surface area contributed by atoms with Gasteiger partial charge in [0.05, 0.1) is 11.7 Å². The molecule has 1 atom stereocenters. The molecule has 1 aromatic carbocycles. The molecule has 6 nitrogen and oxygen atoms in total. The van der Waals surface area contributed by atoms with Gasteiger partial charge in [-0.2, -0.15) is 4.98 Å². The topological polar surface area (TPSA) is 80.0 Å². The fourth-order valence-electron chi connectivity index (χ4n) is 2.28. The number of hydrogen-bond acceptors (Lipinski definition) is 5. The lowest BCUT2D eigenvalue weighted by Crippen LogP contribution is -2.16. The zero-order valence-electron chi connectivity index (χ0n) is 11.5. The van der Waals surface area contributed by atoms with E-state index >= 15 is 0 Å². The van der Waals surface area contributed by atoms with Crippen molar-refractivity contribution in [3.8, 4) is 0 Å². The van der Waals surface area contributed by atoms with Crippen molar-refractivity contribution in [1.82, 2.24) is 15.5 Å². The number of anilines is 1. The Morgan fingerprint density at radius 1 is 1.52 bits per heavy atom. The smallest absolute Gasteiger partial charge is 0.297 e. The van der Waals surface area contributed by atoms with Crippen LogP contribution in [0.2, 0.25) is 0 Å². The van der Waals surface area contributed by atoms with E-state index in [4.69, 9.17) is 4.52 Å². The lowest BCUT2D eigenvalue weighted by molar-refractivity contribution is 0.101. The molecule has 1 fully saturated rings. The Morgan fingerprint density at radius 2 is 2.38 bits per heavy atom. The number of carbonyl (C=O) groups is 1. The number of rotatable bonds is 3. The van der Waals surface area contributed by atoms with Gasteiger partial charge in [-0.05, 0) is 59.9 Å². The van der Waals surface area contributed by atoms with Gasteiger partial charge in [-0.15, -0.1) is 0 Å². The second-order valence-corrected chi connectivity index (χ2v) is 5.90. The zero-order valence-corrected chi connectivity index (χ0v) is 13.1. The molecule has 0 aliphatic carbocycles. The molecule has 21 heavy (non-hydrogen) atoms. The highest BCUT2D eigenvalue weighted by molar-refractivity contribution is 9.10. The second kappa shape index (κ2) is 5.95. The average Bonchev–Trinajstić information content (AvgIpc) is 3.12. The molecule has 2 aromatic rings. The molecule has 1 amide bonds. The fraction of sp³-hybridized carbons (Fsp3) is 0.357. The highest BCUT2D eigenvalue weighted by Gasteiger charge is 2.24. The molecule has 1 aromatic heterocycles. The predicted octanol–water partition coefficient (Wildman–Crippen LogP) is 2.82. The maximum absolute atomic E-state index is 12.2. The molecule has 1 aliphatic rings. The van der Waals surface area contributed by atoms with Gasteiger partial charge in [-0.1, -0.05) is 11.2 Å². The fourth-order valence-corrected chi connectivity index (χ4v) is 2.62. The second-order valence-electron chi connectivity index (χ2n) is 5.04. The summed E-state index contributed by atoms with van der Waals surface area (Å²) in [6, 6.07) is 5.78. The Balaban J connectivity index is 1.74. The first-order valence-electron chi connectivity index (χ1n) is 6.78. The minimum absolute atomic E-state index is 0.0482. The van der Waals surface area contributed by atoms with Gasteiger partial charge in [-0.3, -0.25) is 4.79 Å². The van der Waals surface area contributed by atoms with Crippen molar-refractivity contribution >= 4 is 27.5 Å². The van der Waals surface area contributed by atoms with Gasteiger partial charge in [0.15, 0.2) is 0 Å². The van der Waals surface area contributed by atoms with Crippen LogP contribution in [0.4, 0.5) is 5.69 Å². The van der Waals surface area contributed by atoms with Gasteiger partial charge < -0.3 is 15.2 Å². The summed E-state index contributed by atoms with van der Waals surface area (Å²) >= 11 is 3.40. The number of nitrogens with one attached hydrogen (secondary N) is 2. The van der Waals surface area contributed by atoms with Crippen molar-refractivity contribution in [3.63, 3.8) is 0 Å². The summed E-state index contributed by atoms with van der Waals surface area (Å²) in [5.41, 5.74) is 1.74. The maximum Gasteiger partial charge on any atom is 0.297 e. The summed E-state index contributed by atoms with van der Waals surface area (Å²) in [5.74, 6) is 0.141. The molecule has 3 rings (SSSR count). The number of amides is 1. The van der Waals surface area contributed by atoms with Crippen molar-refractivity contribution in [2.75, 3.05) is 11.9 Å². The summed E-state index contributed by atoms with van der Waals surface area (Å²) in [4.78, 5) is 16.3. The minimum Gasteiger partial charge on any atom is -0.337 e. The normalized spacial score (nSPS) is 17.9. The number of halogens is 1. The molecule has 0 bridgehead atoms. The van der Waals surface area contributed by atoms with Crippen LogP contribution in [-0.4, -0.2) is 22.6 Å². The number of nitrogens with zero attached hydrogens (tertiary/aromatic N) is 2. The van der Waals surface area contributed by atoms with Crippen LogP contribution in [-0.2, 0) is 0 Å². The first-order chi connectivity index (χ1) is 10.1. The first kappa shape index (κ1) is 14.2. The van der Waals surface area contributed by atoms with E-state index in [1.807, 2.05) is 25.1 Å². The molecule has 1 aliphatic heterocycles. The van der Waals surface area contributed by atoms with Crippen molar-refractivity contribution in [2.24, 2.45) is 0 Å². The van der Waals surface area contributed by atoms with E-state index in [2.05, 4.69) is 36.7 Å². The van der Waals surface area contributed by atoms with E-state index in [9.17, 15) is 4.79 Å². The Labute approximate surface area is 130 Å². The monoisotopic (exact) mass is 350 g/mol. The lowest BCUT2D eigenvalue weighted by atomic mass is 10.2. The van der Waals surface area contributed by atoms with Gasteiger partial charge in [0, 0.05) is 4.47 Å². The molecule has 0 spiro atoms. The minimum atomic E-state index is -0.380. The quantitative estimate of drug-likeness (QED) is 0.889. The molecule has 1 unspecified atom stereocenters. The van der Waals surface area contributed by atoms with E-state index in [0.29, 0.717) is 11.6 Å². The largest absolute Gasteiger partial charge is 0.337 e. The highest BCUT2D eigenvalue weighted by atomic mass is 79.9. The molecular weight excluding hydrogens is 336 g/mol. The number of aryl methyl sites for hydroxylation is 1. The van der Waals surface area contributed by atoms with Crippen molar-refractivity contribution < 1.29 is 9.32 Å². The summed E-state index contributed by atoms with van der Waals surface area (Å²) in [7, 11) is 0. The third kappa shape index (κ3) is 3.14. The van der Waals surface area contributed by atoms with Gasteiger partial charge in [0.25, 0.3) is 11.7 Å². The molecule has 0 radical (unpaired) electrons. The van der Waals surface area contributed by atoms with E-state index in [-0.39, 0.29) is 17.8 Å². The number of hydrogen-bond donors (Lipinski definition) is 2. The maximum atomic E-state index is 12.2. The Bertz CT molecular complexity index is 665. The number of benzene rings is 1. The third-order valence-electron chi connectivity index (χ3n) is 3.37. The van der Waals surface area contributed by atoms with E-state index in [1.165, 1.54) is 0 Å². The van der Waals surface area contributed by atoms with Crippen LogP contribution in [0.25, 0.3) is 0 Å². The molecule has 2 N–H and O–H groups in total. The average molecular weight is 351 g/mol. The van der Waals surface area contributed by atoms with E-state index < -0.39 is 0 Å². The third-order valence-corrected chi connectivity index (χ3v) is 4.06. The summed E-state index contributed by atoms with van der Waals surface area (Å²) in [6.45, 7) is 2.89. The summed E-state index contributed by atoms with van der Waals surface area (Å²) in [5, 5.41) is 9.79. The van der Waals surface area contributed by atoms with Gasteiger partial charge in [-0.25, -0.2) is 0 Å². The van der Waals surface area contributed by atoms with Crippen molar-refractivity contribution in [2.45, 2.75) is 25.8 Å². The molecule has 7 heteroatoms. The molecular formula is C14H15BrN4O2. The van der Waals surface area contributed by atoms with Gasteiger partial charge in [0.2, 0.25) is 5.89 Å². The van der Waals surface area contributed by atoms with Crippen LogP contribution in [0.5, 0.6) is 0 Å². The lowest BCUT2D eigenvalue weighted by Gasteiger charge is -2.06. The van der Waals surface area contributed by atoms with Gasteiger partial charge in [0.1, 0.15) is 0 Å². The molecule has 2 heterocycles. The van der Waals surface area contributed by atoms with Crippen LogP contribution < -0.4 is 10.6 Å². The van der Waals surface area contributed by atoms with Crippen LogP contribution in [0.15, 0.2) is 27.2 Å². The predicted molar refractivity (Wildman–Crippen MR) is 81.1 cm³/mol. The highest BCUT2D eigenvalue weighted by Crippen LogP contribution is 2.24. The Hall–Kier alpha value is -1.73. The molecule has 1 saturated heterocycles. The summed E-state index contributed by atoms with van der Waals surface area (Å²) < 4.78 is 5.97. The number of aromatic nitrogens is 2. The Kier molecular flexibility index (Phi) is 4.03. The summed E-state index contributed by atoms with van der Waals surface area (Å²) in [6.07, 6.45) is 2.03. The van der Waals surface area contributed by atoms with Gasteiger partial charge >= 0.3 is 0 Å². The standard InChI is InChI=1S/C14H15BrN4O2/c1-8-4-5-9(15)11(7-8)17-13(20)12-18-14(21-19-12)10-3-2-6-16-10/h4-5,7,10,16H,2-3,6H2,1H3,(H,17,20). The zero-order chi connectivity index (χ0) is 14.8. The Morgan fingerprint density at radius 3 is 3.14 bits per heavy atom. The van der Waals surface area contributed by atoms with Crippen LogP contribution in [0.1, 0.15) is 41.0 Å². The van der Waals surface area contributed by atoms with Crippen LogP contribution >= 0.6 is 15.9 Å².